The number of piperidine rings is 1. The third-order valence-electron chi connectivity index (χ3n) is 6.21. The van der Waals surface area contributed by atoms with E-state index in [0.29, 0.717) is 36.2 Å². The van der Waals surface area contributed by atoms with E-state index in [2.05, 4.69) is 21.3 Å². The number of nitrogens with zero attached hydrogens (tertiary/aromatic N) is 1. The third-order valence-corrected chi connectivity index (χ3v) is 6.21. The zero-order chi connectivity index (χ0) is 23.0. The first-order valence-electron chi connectivity index (χ1n) is 11.7. The Bertz CT molecular complexity index is 958. The zero-order valence-electron chi connectivity index (χ0n) is 18.7. The minimum absolute atomic E-state index is 0.0728. The fourth-order valence-corrected chi connectivity index (χ4v) is 4.42. The molecular formula is C25H31N5O3. The van der Waals surface area contributed by atoms with Crippen LogP contribution >= 0.6 is 0 Å². The van der Waals surface area contributed by atoms with Gasteiger partial charge < -0.3 is 26.2 Å². The maximum Gasteiger partial charge on any atom is 0.323 e. The number of para-hydroxylation sites is 1. The lowest BCUT2D eigenvalue weighted by Crippen LogP contribution is -2.48. The van der Waals surface area contributed by atoms with Gasteiger partial charge in [-0.3, -0.25) is 4.79 Å². The minimum atomic E-state index is -0.340. The van der Waals surface area contributed by atoms with Crippen LogP contribution in [0.4, 0.5) is 26.7 Å². The Balaban J connectivity index is 1.25. The van der Waals surface area contributed by atoms with Crippen LogP contribution in [-0.4, -0.2) is 42.0 Å². The van der Waals surface area contributed by atoms with Gasteiger partial charge in [0.25, 0.3) is 0 Å². The molecule has 0 radical (unpaired) electrons. The molecule has 1 aliphatic heterocycles. The van der Waals surface area contributed by atoms with Gasteiger partial charge in [0.2, 0.25) is 5.91 Å². The second-order valence-corrected chi connectivity index (χ2v) is 8.73. The van der Waals surface area contributed by atoms with Gasteiger partial charge in [-0.2, -0.15) is 0 Å². The average molecular weight is 450 g/mol. The molecule has 4 rings (SSSR count). The lowest BCUT2D eigenvalue weighted by molar-refractivity contribution is -0.126. The Morgan fingerprint density at radius 1 is 0.727 bits per heavy atom. The van der Waals surface area contributed by atoms with Crippen LogP contribution in [0, 0.1) is 5.92 Å². The summed E-state index contributed by atoms with van der Waals surface area (Å²) in [5.74, 6) is -0.0802. The van der Waals surface area contributed by atoms with Crippen LogP contribution in [0.1, 0.15) is 38.5 Å². The van der Waals surface area contributed by atoms with Crippen LogP contribution in [0.3, 0.4) is 0 Å². The summed E-state index contributed by atoms with van der Waals surface area (Å²) in [5.41, 5.74) is 1.95. The minimum Gasteiger partial charge on any atom is -0.353 e. The predicted molar refractivity (Wildman–Crippen MR) is 129 cm³/mol. The van der Waals surface area contributed by atoms with E-state index < -0.39 is 0 Å². The number of urea groups is 2. The smallest absolute Gasteiger partial charge is 0.323 e. The van der Waals surface area contributed by atoms with Gasteiger partial charge in [0, 0.05) is 36.2 Å². The van der Waals surface area contributed by atoms with E-state index in [9.17, 15) is 14.4 Å². The van der Waals surface area contributed by atoms with Crippen molar-refractivity contribution in [2.75, 3.05) is 29.0 Å². The second-order valence-electron chi connectivity index (χ2n) is 8.73. The van der Waals surface area contributed by atoms with Crippen LogP contribution < -0.4 is 21.3 Å². The van der Waals surface area contributed by atoms with E-state index in [1.54, 1.807) is 29.2 Å². The standard InChI is InChI=1S/C25H31N5O3/c31-23(26-19-10-4-5-11-19)18-7-6-16-30(17-18)25(33)29-22-14-12-21(13-15-22)28-24(32)27-20-8-2-1-3-9-20/h1-3,8-9,12-15,18-19H,4-7,10-11,16-17H2,(H,26,31)(H,29,33)(H2,27,28,32). The summed E-state index contributed by atoms with van der Waals surface area (Å²) >= 11 is 0. The van der Waals surface area contributed by atoms with E-state index in [-0.39, 0.29) is 23.9 Å². The molecule has 0 spiro atoms. The van der Waals surface area contributed by atoms with Crippen molar-refractivity contribution >= 4 is 35.0 Å². The molecule has 2 aromatic carbocycles. The van der Waals surface area contributed by atoms with E-state index in [1.165, 1.54) is 12.8 Å². The molecule has 33 heavy (non-hydrogen) atoms. The number of hydrogen-bond acceptors (Lipinski definition) is 3. The highest BCUT2D eigenvalue weighted by atomic mass is 16.2. The van der Waals surface area contributed by atoms with Crippen LogP contribution in [-0.2, 0) is 4.79 Å². The average Bonchev–Trinajstić information content (AvgIpc) is 3.34. The van der Waals surface area contributed by atoms with Crippen molar-refractivity contribution in [3.8, 4) is 0 Å². The summed E-state index contributed by atoms with van der Waals surface area (Å²) in [4.78, 5) is 39.2. The molecule has 1 saturated carbocycles. The van der Waals surface area contributed by atoms with Gasteiger partial charge >= 0.3 is 12.1 Å². The van der Waals surface area contributed by atoms with Gasteiger partial charge in [0.05, 0.1) is 5.92 Å². The normalized spacial score (nSPS) is 18.4. The van der Waals surface area contributed by atoms with Gasteiger partial charge in [-0.1, -0.05) is 31.0 Å². The van der Waals surface area contributed by atoms with Crippen LogP contribution in [0.15, 0.2) is 54.6 Å². The predicted octanol–water partition coefficient (Wildman–Crippen LogP) is 4.63. The van der Waals surface area contributed by atoms with Crippen molar-refractivity contribution in [1.82, 2.24) is 10.2 Å². The number of hydrogen-bond donors (Lipinski definition) is 4. The Labute approximate surface area is 194 Å². The Kier molecular flexibility index (Phi) is 7.44. The fraction of sp³-hybridized carbons (Fsp3) is 0.400. The van der Waals surface area contributed by atoms with Crippen LogP contribution in [0.2, 0.25) is 0 Å². The molecule has 1 heterocycles. The lowest BCUT2D eigenvalue weighted by atomic mass is 9.97. The van der Waals surface area contributed by atoms with Crippen molar-refractivity contribution < 1.29 is 14.4 Å². The molecule has 1 saturated heterocycles. The number of nitrogens with one attached hydrogen (secondary N) is 4. The van der Waals surface area contributed by atoms with E-state index >= 15 is 0 Å². The van der Waals surface area contributed by atoms with Crippen LogP contribution in [0.25, 0.3) is 0 Å². The molecule has 5 amide bonds. The summed E-state index contributed by atoms with van der Waals surface area (Å²) in [6, 6.07) is 15.9. The number of amides is 5. The van der Waals surface area contributed by atoms with Crippen LogP contribution in [0.5, 0.6) is 0 Å². The highest BCUT2D eigenvalue weighted by Gasteiger charge is 2.30. The van der Waals surface area contributed by atoms with Crippen molar-refractivity contribution in [3.05, 3.63) is 54.6 Å². The summed E-state index contributed by atoms with van der Waals surface area (Å²) < 4.78 is 0. The van der Waals surface area contributed by atoms with Crippen molar-refractivity contribution in [3.63, 3.8) is 0 Å². The maximum absolute atomic E-state index is 12.7. The summed E-state index contributed by atoms with van der Waals surface area (Å²) in [5, 5.41) is 11.6. The molecule has 1 aliphatic carbocycles. The van der Waals surface area contributed by atoms with Gasteiger partial charge in [0.15, 0.2) is 0 Å². The maximum atomic E-state index is 12.7. The largest absolute Gasteiger partial charge is 0.353 e. The summed E-state index contributed by atoms with van der Waals surface area (Å²) in [6.07, 6.45) is 6.10. The summed E-state index contributed by atoms with van der Waals surface area (Å²) in [6.45, 7) is 1.07. The molecule has 8 heteroatoms. The highest BCUT2D eigenvalue weighted by Crippen LogP contribution is 2.22. The SMILES string of the molecule is O=C(Nc1ccccc1)Nc1ccc(NC(=O)N2CCCC(C(=O)NC3CCCC3)C2)cc1. The Morgan fingerprint density at radius 3 is 2.00 bits per heavy atom. The quantitative estimate of drug-likeness (QED) is 0.535. The lowest BCUT2D eigenvalue weighted by Gasteiger charge is -2.32. The number of benzene rings is 2. The van der Waals surface area contributed by atoms with Crippen molar-refractivity contribution in [2.45, 2.75) is 44.6 Å². The van der Waals surface area contributed by atoms with Crippen molar-refractivity contribution in [1.29, 1.82) is 0 Å². The summed E-state index contributed by atoms with van der Waals surface area (Å²) in [7, 11) is 0. The highest BCUT2D eigenvalue weighted by molar-refractivity contribution is 6.00. The van der Waals surface area contributed by atoms with Crippen molar-refractivity contribution in [2.24, 2.45) is 5.92 Å². The Morgan fingerprint density at radius 2 is 1.33 bits per heavy atom. The fourth-order valence-electron chi connectivity index (χ4n) is 4.42. The number of carbonyl (C=O) groups excluding carboxylic acids is 3. The van der Waals surface area contributed by atoms with Gasteiger partial charge in [0.1, 0.15) is 0 Å². The molecule has 8 nitrogen and oxygen atoms in total. The van der Waals surface area contributed by atoms with E-state index in [0.717, 1.165) is 25.7 Å². The number of anilines is 3. The first-order valence-corrected chi connectivity index (χ1v) is 11.7. The molecule has 0 aromatic heterocycles. The molecule has 2 aromatic rings. The molecular weight excluding hydrogens is 418 g/mol. The Hall–Kier alpha value is -3.55. The second kappa shape index (κ2) is 10.8. The molecule has 1 atom stereocenters. The van der Waals surface area contributed by atoms with Gasteiger partial charge in [-0.15, -0.1) is 0 Å². The number of carbonyl (C=O) groups is 3. The monoisotopic (exact) mass is 449 g/mol. The van der Waals surface area contributed by atoms with E-state index in [4.69, 9.17) is 0 Å². The molecule has 0 bridgehead atoms. The topological polar surface area (TPSA) is 103 Å². The molecule has 174 valence electrons. The van der Waals surface area contributed by atoms with E-state index in [1.807, 2.05) is 30.3 Å². The number of rotatable bonds is 5. The first kappa shape index (κ1) is 22.6. The molecule has 2 aliphatic rings. The molecule has 1 unspecified atom stereocenters. The van der Waals surface area contributed by atoms with Gasteiger partial charge in [-0.25, -0.2) is 9.59 Å². The third kappa shape index (κ3) is 6.47. The first-order chi connectivity index (χ1) is 16.1. The molecule has 2 fully saturated rings. The zero-order valence-corrected chi connectivity index (χ0v) is 18.7. The number of likely N-dealkylation sites (tertiary alicyclic amines) is 1. The molecule has 4 N–H and O–H groups in total. The van der Waals surface area contributed by atoms with Gasteiger partial charge in [-0.05, 0) is 62.1 Å².